The van der Waals surface area contributed by atoms with Crippen molar-refractivity contribution in [3.05, 3.63) is 57.3 Å². The Morgan fingerprint density at radius 2 is 2.00 bits per heavy atom. The summed E-state index contributed by atoms with van der Waals surface area (Å²) >= 11 is 1.81. The fourth-order valence-corrected chi connectivity index (χ4v) is 3.97. The van der Waals surface area contributed by atoms with Crippen molar-refractivity contribution >= 4 is 17.3 Å². The van der Waals surface area contributed by atoms with Gasteiger partial charge >= 0.3 is 0 Å². The molecule has 1 aromatic heterocycles. The summed E-state index contributed by atoms with van der Waals surface area (Å²) in [6.07, 6.45) is 2.30. The number of nitrogens with one attached hydrogen (secondary N) is 2. The second-order valence-corrected chi connectivity index (χ2v) is 8.38. The number of aliphatic imine (C=N–C) groups is 1. The molecule has 2 N–H and O–H groups in total. The third-order valence-electron chi connectivity index (χ3n) is 4.64. The van der Waals surface area contributed by atoms with E-state index in [1.165, 1.54) is 20.9 Å². The van der Waals surface area contributed by atoms with Gasteiger partial charge in [0, 0.05) is 29.5 Å². The summed E-state index contributed by atoms with van der Waals surface area (Å²) in [5.74, 6) is 0.845. The Bertz CT molecular complexity index is 754. The van der Waals surface area contributed by atoms with Gasteiger partial charge in [-0.3, -0.25) is 0 Å². The zero-order chi connectivity index (χ0) is 19.6. The van der Waals surface area contributed by atoms with E-state index < -0.39 is 0 Å². The number of ether oxygens (including phenoxy) is 2. The third-order valence-corrected chi connectivity index (χ3v) is 5.64. The molecular weight excluding hydrogens is 370 g/mol. The number of hydrogen-bond acceptors (Lipinski definition) is 4. The zero-order valence-corrected chi connectivity index (χ0v) is 17.7. The Balaban J connectivity index is 1.52. The number of hydrogen-bond donors (Lipinski definition) is 2. The smallest absolute Gasteiger partial charge is 0.191 e. The van der Waals surface area contributed by atoms with Crippen molar-refractivity contribution in [1.82, 2.24) is 10.6 Å². The van der Waals surface area contributed by atoms with E-state index in [4.69, 9.17) is 14.5 Å². The van der Waals surface area contributed by atoms with E-state index in [9.17, 15) is 0 Å². The molecule has 1 aromatic carbocycles. The number of benzene rings is 1. The molecule has 0 radical (unpaired) electrons. The van der Waals surface area contributed by atoms with Crippen LogP contribution in [0.2, 0.25) is 0 Å². The predicted octanol–water partition coefficient (Wildman–Crippen LogP) is 4.01. The molecule has 0 atom stereocenters. The van der Waals surface area contributed by atoms with Gasteiger partial charge in [-0.15, -0.1) is 11.3 Å². The quantitative estimate of drug-likeness (QED) is 0.518. The van der Waals surface area contributed by atoms with E-state index in [1.807, 2.05) is 11.3 Å². The molecule has 2 aromatic rings. The highest BCUT2D eigenvalue weighted by Crippen LogP contribution is 2.15. The molecule has 2 heterocycles. The molecule has 0 spiro atoms. The summed E-state index contributed by atoms with van der Waals surface area (Å²) in [7, 11) is 0. The summed E-state index contributed by atoms with van der Waals surface area (Å²) in [5.41, 5.74) is 2.39. The predicted molar refractivity (Wildman–Crippen MR) is 116 cm³/mol. The standard InChI is InChI=1S/C22H31N3O2S/c1-3-23-22(25-15-21-8-7-17(2)28-21)24-14-18-5-4-6-19(13-18)16-27-20-9-11-26-12-10-20/h4-8,13,20H,3,9-12,14-16H2,1-2H3,(H2,23,24,25). The minimum atomic E-state index is 0.320. The molecular formula is C22H31N3O2S. The van der Waals surface area contributed by atoms with Crippen molar-refractivity contribution in [3.8, 4) is 0 Å². The average Bonchev–Trinajstić information content (AvgIpc) is 3.15. The van der Waals surface area contributed by atoms with E-state index in [0.29, 0.717) is 19.3 Å². The van der Waals surface area contributed by atoms with Crippen molar-refractivity contribution < 1.29 is 9.47 Å². The fourth-order valence-electron chi connectivity index (χ4n) is 3.14. The van der Waals surface area contributed by atoms with Crippen LogP contribution in [0.4, 0.5) is 0 Å². The molecule has 5 nitrogen and oxygen atoms in total. The largest absolute Gasteiger partial charge is 0.381 e. The summed E-state index contributed by atoms with van der Waals surface area (Å²) < 4.78 is 11.4. The van der Waals surface area contributed by atoms with E-state index in [-0.39, 0.29) is 0 Å². The lowest BCUT2D eigenvalue weighted by molar-refractivity contribution is -0.0390. The second kappa shape index (κ2) is 11.2. The summed E-state index contributed by atoms with van der Waals surface area (Å²) in [4.78, 5) is 7.39. The first-order chi connectivity index (χ1) is 13.7. The van der Waals surface area contributed by atoms with Crippen molar-refractivity contribution in [2.24, 2.45) is 4.99 Å². The number of aryl methyl sites for hydroxylation is 1. The van der Waals surface area contributed by atoms with Crippen LogP contribution in [-0.4, -0.2) is 31.8 Å². The van der Waals surface area contributed by atoms with E-state index in [2.05, 4.69) is 60.9 Å². The minimum Gasteiger partial charge on any atom is -0.381 e. The molecule has 0 bridgehead atoms. The van der Waals surface area contributed by atoms with Crippen LogP contribution in [-0.2, 0) is 29.2 Å². The molecule has 1 aliphatic heterocycles. The van der Waals surface area contributed by atoms with Gasteiger partial charge in [0.05, 0.1) is 25.8 Å². The first-order valence-electron chi connectivity index (χ1n) is 10.1. The zero-order valence-electron chi connectivity index (χ0n) is 16.9. The van der Waals surface area contributed by atoms with Gasteiger partial charge in [0.2, 0.25) is 0 Å². The lowest BCUT2D eigenvalue weighted by Gasteiger charge is -2.22. The molecule has 1 fully saturated rings. The van der Waals surface area contributed by atoms with Crippen LogP contribution >= 0.6 is 11.3 Å². The van der Waals surface area contributed by atoms with Crippen LogP contribution in [0.15, 0.2) is 41.4 Å². The van der Waals surface area contributed by atoms with Crippen LogP contribution < -0.4 is 10.6 Å². The molecule has 1 saturated heterocycles. The summed E-state index contributed by atoms with van der Waals surface area (Å²) in [6, 6.07) is 12.8. The highest BCUT2D eigenvalue weighted by atomic mass is 32.1. The molecule has 6 heteroatoms. The lowest BCUT2D eigenvalue weighted by Crippen LogP contribution is -2.36. The SMILES string of the molecule is CCNC(=NCc1cccc(COC2CCOCC2)c1)NCc1ccc(C)s1. The van der Waals surface area contributed by atoms with Crippen LogP contribution in [0.5, 0.6) is 0 Å². The first-order valence-corrected chi connectivity index (χ1v) is 10.9. The van der Waals surface area contributed by atoms with Crippen molar-refractivity contribution in [1.29, 1.82) is 0 Å². The maximum Gasteiger partial charge on any atom is 0.191 e. The van der Waals surface area contributed by atoms with Crippen LogP contribution in [0.1, 0.15) is 40.6 Å². The van der Waals surface area contributed by atoms with Crippen LogP contribution in [0, 0.1) is 6.92 Å². The second-order valence-electron chi connectivity index (χ2n) is 7.00. The molecule has 0 saturated carbocycles. The van der Waals surface area contributed by atoms with Gasteiger partial charge in [-0.05, 0) is 49.9 Å². The van der Waals surface area contributed by atoms with E-state index in [1.54, 1.807) is 0 Å². The van der Waals surface area contributed by atoms with Crippen LogP contribution in [0.3, 0.4) is 0 Å². The van der Waals surface area contributed by atoms with Gasteiger partial charge in [0.1, 0.15) is 0 Å². The number of thiophene rings is 1. The maximum absolute atomic E-state index is 6.04. The third kappa shape index (κ3) is 6.93. The van der Waals surface area contributed by atoms with E-state index >= 15 is 0 Å². The Labute approximate surface area is 172 Å². The molecule has 0 amide bonds. The van der Waals surface area contributed by atoms with Crippen LogP contribution in [0.25, 0.3) is 0 Å². The van der Waals surface area contributed by atoms with Gasteiger partial charge in [0.25, 0.3) is 0 Å². The Hall–Kier alpha value is -1.89. The van der Waals surface area contributed by atoms with Crippen molar-refractivity contribution in [2.45, 2.75) is 52.5 Å². The first kappa shape index (κ1) is 20.8. The Kier molecular flexibility index (Phi) is 8.33. The van der Waals surface area contributed by atoms with E-state index in [0.717, 1.165) is 45.1 Å². The lowest BCUT2D eigenvalue weighted by atomic mass is 10.1. The van der Waals surface area contributed by atoms with Gasteiger partial charge in [0.15, 0.2) is 5.96 Å². The minimum absolute atomic E-state index is 0.320. The number of nitrogens with zero attached hydrogens (tertiary/aromatic N) is 1. The van der Waals surface area contributed by atoms with Gasteiger partial charge in [-0.1, -0.05) is 24.3 Å². The maximum atomic E-state index is 6.04. The highest BCUT2D eigenvalue weighted by molar-refractivity contribution is 7.11. The summed E-state index contributed by atoms with van der Waals surface area (Å²) in [5, 5.41) is 6.74. The Morgan fingerprint density at radius 3 is 2.75 bits per heavy atom. The molecule has 3 rings (SSSR count). The molecule has 28 heavy (non-hydrogen) atoms. The van der Waals surface area contributed by atoms with Gasteiger partial charge < -0.3 is 20.1 Å². The molecule has 1 aliphatic rings. The monoisotopic (exact) mass is 401 g/mol. The molecule has 152 valence electrons. The van der Waals surface area contributed by atoms with Gasteiger partial charge in [-0.2, -0.15) is 0 Å². The van der Waals surface area contributed by atoms with Crippen molar-refractivity contribution in [3.63, 3.8) is 0 Å². The molecule has 0 aliphatic carbocycles. The van der Waals surface area contributed by atoms with Crippen molar-refractivity contribution in [2.75, 3.05) is 19.8 Å². The topological polar surface area (TPSA) is 54.9 Å². The highest BCUT2D eigenvalue weighted by Gasteiger charge is 2.14. The normalized spacial score (nSPS) is 15.6. The average molecular weight is 402 g/mol. The number of rotatable bonds is 8. The fraction of sp³-hybridized carbons (Fsp3) is 0.500. The number of guanidine groups is 1. The Morgan fingerprint density at radius 1 is 1.18 bits per heavy atom. The summed E-state index contributed by atoms with van der Waals surface area (Å²) in [6.45, 7) is 8.77. The van der Waals surface area contributed by atoms with Gasteiger partial charge in [-0.25, -0.2) is 4.99 Å². The molecule has 0 unspecified atom stereocenters.